The third-order valence-corrected chi connectivity index (χ3v) is 1.24. The lowest BCUT2D eigenvalue weighted by molar-refractivity contribution is 0.0477. The molecule has 0 amide bonds. The molecule has 0 saturated heterocycles. The topological polar surface area (TPSA) is 79.1 Å². The number of hydrogen-bond donors (Lipinski definition) is 0. The van der Waals surface area contributed by atoms with E-state index in [1.165, 1.54) is 11.8 Å². The van der Waals surface area contributed by atoms with Gasteiger partial charge >= 0.3 is 5.97 Å². The van der Waals surface area contributed by atoms with Crippen molar-refractivity contribution in [2.24, 2.45) is 0 Å². The summed E-state index contributed by atoms with van der Waals surface area (Å²) in [6.07, 6.45) is 0. The summed E-state index contributed by atoms with van der Waals surface area (Å²) in [6, 6.07) is 0. The number of aromatic nitrogens is 4. The lowest BCUT2D eigenvalue weighted by Gasteiger charge is -2.01. The summed E-state index contributed by atoms with van der Waals surface area (Å²) in [6.45, 7) is 2.13. The van der Waals surface area contributed by atoms with Crippen molar-refractivity contribution >= 4 is 5.97 Å². The number of methoxy groups -OCH3 is 1. The number of esters is 1. The fraction of sp³-hybridized carbons (Fsp3) is 0.667. The Labute approximate surface area is 74.6 Å². The summed E-state index contributed by atoms with van der Waals surface area (Å²) in [4.78, 5) is 11.2. The third kappa shape index (κ3) is 2.22. The monoisotopic (exact) mass is 186 g/mol. The molecule has 7 nitrogen and oxygen atoms in total. The second-order valence-corrected chi connectivity index (χ2v) is 2.14. The maximum absolute atomic E-state index is 11.2. The molecule has 1 aromatic rings. The molecule has 0 fully saturated rings. The van der Waals surface area contributed by atoms with Gasteiger partial charge in [0.05, 0.1) is 6.61 Å². The summed E-state index contributed by atoms with van der Waals surface area (Å²) in [5.41, 5.74) is 0. The number of carbonyl (C=O) groups excluding carboxylic acids is 1. The van der Waals surface area contributed by atoms with Crippen molar-refractivity contribution in [1.29, 1.82) is 0 Å². The van der Waals surface area contributed by atoms with Gasteiger partial charge in [-0.05, 0) is 17.4 Å². The molecule has 0 spiro atoms. The Morgan fingerprint density at radius 3 is 3.00 bits per heavy atom. The first-order valence-corrected chi connectivity index (χ1v) is 3.71. The van der Waals surface area contributed by atoms with E-state index < -0.39 is 5.97 Å². The SMILES string of the molecule is CCOC(=O)c1nnnn1COC. The van der Waals surface area contributed by atoms with Crippen molar-refractivity contribution in [3.8, 4) is 0 Å². The predicted octanol–water partition coefficient (Wildman–Crippen LogP) is -0.546. The predicted molar refractivity (Wildman–Crippen MR) is 40.8 cm³/mol. The molecule has 0 atom stereocenters. The molecular weight excluding hydrogens is 176 g/mol. The minimum Gasteiger partial charge on any atom is -0.460 e. The lowest BCUT2D eigenvalue weighted by atomic mass is 10.6. The van der Waals surface area contributed by atoms with Gasteiger partial charge in [0.1, 0.15) is 6.73 Å². The minimum atomic E-state index is -0.551. The molecule has 0 unspecified atom stereocenters. The van der Waals surface area contributed by atoms with Gasteiger partial charge in [-0.25, -0.2) is 4.79 Å². The molecule has 0 radical (unpaired) electrons. The van der Waals surface area contributed by atoms with Crippen LogP contribution in [-0.4, -0.2) is 39.9 Å². The fourth-order valence-electron chi connectivity index (χ4n) is 0.756. The zero-order valence-corrected chi connectivity index (χ0v) is 7.43. The second-order valence-electron chi connectivity index (χ2n) is 2.14. The van der Waals surface area contributed by atoms with Crippen LogP contribution >= 0.6 is 0 Å². The standard InChI is InChI=1S/C6H10N4O3/c1-3-13-6(11)5-7-8-9-10(5)4-12-2/h3-4H2,1-2H3. The first-order valence-electron chi connectivity index (χ1n) is 3.71. The number of tetrazole rings is 1. The Hall–Kier alpha value is -1.50. The van der Waals surface area contributed by atoms with Gasteiger partial charge in [0, 0.05) is 7.11 Å². The minimum absolute atomic E-state index is 0.0451. The van der Waals surface area contributed by atoms with Crippen molar-refractivity contribution in [2.45, 2.75) is 13.7 Å². The molecule has 1 aromatic heterocycles. The number of carbonyl (C=O) groups is 1. The van der Waals surface area contributed by atoms with Gasteiger partial charge in [0.25, 0.3) is 5.82 Å². The maximum Gasteiger partial charge on any atom is 0.378 e. The van der Waals surface area contributed by atoms with Gasteiger partial charge in [0.2, 0.25) is 0 Å². The summed E-state index contributed by atoms with van der Waals surface area (Å²) < 4.78 is 10.7. The quantitative estimate of drug-likeness (QED) is 0.587. The highest BCUT2D eigenvalue weighted by atomic mass is 16.5. The van der Waals surface area contributed by atoms with Gasteiger partial charge in [-0.3, -0.25) is 0 Å². The van der Waals surface area contributed by atoms with Crippen molar-refractivity contribution in [3.63, 3.8) is 0 Å². The Kier molecular flexibility index (Phi) is 3.32. The average molecular weight is 186 g/mol. The molecule has 1 heterocycles. The van der Waals surface area contributed by atoms with Crippen molar-refractivity contribution in [3.05, 3.63) is 5.82 Å². The van der Waals surface area contributed by atoms with Gasteiger partial charge < -0.3 is 9.47 Å². The van der Waals surface area contributed by atoms with E-state index in [1.807, 2.05) is 0 Å². The molecule has 0 aromatic carbocycles. The Balaban J connectivity index is 2.74. The van der Waals surface area contributed by atoms with Gasteiger partial charge in [0.15, 0.2) is 0 Å². The first kappa shape index (κ1) is 9.59. The fourth-order valence-corrected chi connectivity index (χ4v) is 0.756. The van der Waals surface area contributed by atoms with E-state index >= 15 is 0 Å². The van der Waals surface area contributed by atoms with Crippen LogP contribution in [0.5, 0.6) is 0 Å². The van der Waals surface area contributed by atoms with Crippen molar-refractivity contribution < 1.29 is 14.3 Å². The Bertz CT molecular complexity index is 285. The van der Waals surface area contributed by atoms with Crippen LogP contribution in [0.4, 0.5) is 0 Å². The smallest absolute Gasteiger partial charge is 0.378 e. The largest absolute Gasteiger partial charge is 0.460 e. The number of nitrogens with zero attached hydrogens (tertiary/aromatic N) is 4. The van der Waals surface area contributed by atoms with Crippen LogP contribution in [0.1, 0.15) is 17.5 Å². The molecule has 0 aliphatic rings. The number of rotatable bonds is 4. The molecule has 1 rings (SSSR count). The van der Waals surface area contributed by atoms with E-state index in [1.54, 1.807) is 6.92 Å². The van der Waals surface area contributed by atoms with Crippen LogP contribution < -0.4 is 0 Å². The maximum atomic E-state index is 11.2. The zero-order chi connectivity index (χ0) is 9.68. The Morgan fingerprint density at radius 2 is 2.38 bits per heavy atom. The molecule has 0 saturated carbocycles. The normalized spacial score (nSPS) is 10.0. The molecule has 0 aliphatic carbocycles. The highest BCUT2D eigenvalue weighted by molar-refractivity contribution is 5.84. The van der Waals surface area contributed by atoms with Gasteiger partial charge in [-0.1, -0.05) is 0 Å². The van der Waals surface area contributed by atoms with E-state index in [0.717, 1.165) is 0 Å². The third-order valence-electron chi connectivity index (χ3n) is 1.24. The Morgan fingerprint density at radius 1 is 1.62 bits per heavy atom. The average Bonchev–Trinajstić information content (AvgIpc) is 2.54. The van der Waals surface area contributed by atoms with Crippen molar-refractivity contribution in [2.75, 3.05) is 13.7 Å². The molecule has 0 N–H and O–H groups in total. The molecule has 13 heavy (non-hydrogen) atoms. The zero-order valence-electron chi connectivity index (χ0n) is 7.43. The summed E-state index contributed by atoms with van der Waals surface area (Å²) >= 11 is 0. The molecule has 7 heteroatoms. The summed E-state index contributed by atoms with van der Waals surface area (Å²) in [7, 11) is 1.48. The van der Waals surface area contributed by atoms with Crippen LogP contribution in [0.15, 0.2) is 0 Å². The van der Waals surface area contributed by atoms with E-state index in [0.29, 0.717) is 6.61 Å². The van der Waals surface area contributed by atoms with E-state index in [2.05, 4.69) is 15.5 Å². The van der Waals surface area contributed by atoms with Crippen LogP contribution in [0.3, 0.4) is 0 Å². The van der Waals surface area contributed by atoms with Crippen LogP contribution in [-0.2, 0) is 16.2 Å². The lowest BCUT2D eigenvalue weighted by Crippen LogP contribution is -2.15. The number of hydrogen-bond acceptors (Lipinski definition) is 6. The van der Waals surface area contributed by atoms with Gasteiger partial charge in [-0.15, -0.1) is 5.10 Å². The van der Waals surface area contributed by atoms with E-state index in [-0.39, 0.29) is 12.6 Å². The first-order chi connectivity index (χ1) is 6.29. The van der Waals surface area contributed by atoms with Crippen LogP contribution in [0.2, 0.25) is 0 Å². The van der Waals surface area contributed by atoms with Crippen LogP contribution in [0, 0.1) is 0 Å². The van der Waals surface area contributed by atoms with Crippen LogP contribution in [0.25, 0.3) is 0 Å². The highest BCUT2D eigenvalue weighted by Crippen LogP contribution is 1.95. The summed E-state index contributed by atoms with van der Waals surface area (Å²) in [5.74, 6) is -0.506. The van der Waals surface area contributed by atoms with Crippen molar-refractivity contribution in [1.82, 2.24) is 20.2 Å². The molecule has 72 valence electrons. The molecule has 0 aliphatic heterocycles. The second kappa shape index (κ2) is 4.51. The number of ether oxygens (including phenoxy) is 2. The van der Waals surface area contributed by atoms with E-state index in [4.69, 9.17) is 9.47 Å². The highest BCUT2D eigenvalue weighted by Gasteiger charge is 2.15. The van der Waals surface area contributed by atoms with E-state index in [9.17, 15) is 4.79 Å². The molecule has 0 bridgehead atoms. The summed E-state index contributed by atoms with van der Waals surface area (Å²) in [5, 5.41) is 10.4. The molecular formula is C6H10N4O3. The van der Waals surface area contributed by atoms with Gasteiger partial charge in [-0.2, -0.15) is 4.68 Å².